The summed E-state index contributed by atoms with van der Waals surface area (Å²) in [5, 5.41) is 2.80. The number of hydrogen-bond donors (Lipinski definition) is 2. The van der Waals surface area contributed by atoms with Gasteiger partial charge in [-0.1, -0.05) is 12.2 Å². The Morgan fingerprint density at radius 2 is 2.05 bits per heavy atom. The summed E-state index contributed by atoms with van der Waals surface area (Å²) in [7, 11) is 0. The van der Waals surface area contributed by atoms with Gasteiger partial charge in [-0.3, -0.25) is 4.98 Å². The summed E-state index contributed by atoms with van der Waals surface area (Å²) in [6.07, 6.45) is 1.46. The molecule has 7 heteroatoms. The van der Waals surface area contributed by atoms with Crippen molar-refractivity contribution in [3.8, 4) is 0 Å². The SMILES string of the molecule is NC(=S)c1ccc(Nc2c(F)cc(F)cc2Br)cn1. The van der Waals surface area contributed by atoms with Crippen LogP contribution < -0.4 is 11.1 Å². The lowest BCUT2D eigenvalue weighted by atomic mass is 10.2. The van der Waals surface area contributed by atoms with Gasteiger partial charge in [0.2, 0.25) is 0 Å². The lowest BCUT2D eigenvalue weighted by molar-refractivity contribution is 0.584. The predicted octanol–water partition coefficient (Wildman–Crippen LogP) is 3.50. The predicted molar refractivity (Wildman–Crippen MR) is 77.5 cm³/mol. The van der Waals surface area contributed by atoms with Gasteiger partial charge < -0.3 is 11.1 Å². The van der Waals surface area contributed by atoms with Gasteiger partial charge in [-0.25, -0.2) is 8.78 Å². The van der Waals surface area contributed by atoms with Gasteiger partial charge in [0.25, 0.3) is 0 Å². The molecule has 0 bridgehead atoms. The third-order valence-corrected chi connectivity index (χ3v) is 3.13. The van der Waals surface area contributed by atoms with Gasteiger partial charge in [0.15, 0.2) is 5.82 Å². The van der Waals surface area contributed by atoms with Crippen LogP contribution in [-0.2, 0) is 0 Å². The maximum absolute atomic E-state index is 13.6. The number of nitrogens with one attached hydrogen (secondary N) is 1. The second kappa shape index (κ2) is 5.58. The number of nitrogens with zero attached hydrogens (tertiary/aromatic N) is 1. The Morgan fingerprint density at radius 3 is 2.58 bits per heavy atom. The molecule has 19 heavy (non-hydrogen) atoms. The fourth-order valence-electron chi connectivity index (χ4n) is 1.42. The monoisotopic (exact) mass is 343 g/mol. The van der Waals surface area contributed by atoms with Crippen molar-refractivity contribution in [2.45, 2.75) is 0 Å². The van der Waals surface area contributed by atoms with Gasteiger partial charge in [0.1, 0.15) is 10.8 Å². The summed E-state index contributed by atoms with van der Waals surface area (Å²) in [6.45, 7) is 0. The van der Waals surface area contributed by atoms with Crippen molar-refractivity contribution >= 4 is 44.5 Å². The molecule has 1 aromatic carbocycles. The van der Waals surface area contributed by atoms with Crippen LogP contribution in [0.4, 0.5) is 20.2 Å². The first-order valence-electron chi connectivity index (χ1n) is 5.15. The molecule has 3 nitrogen and oxygen atoms in total. The van der Waals surface area contributed by atoms with Crippen LogP contribution in [0.1, 0.15) is 5.69 Å². The van der Waals surface area contributed by atoms with E-state index in [1.54, 1.807) is 12.1 Å². The zero-order valence-corrected chi connectivity index (χ0v) is 11.9. The van der Waals surface area contributed by atoms with E-state index in [0.717, 1.165) is 6.07 Å². The second-order valence-corrected chi connectivity index (χ2v) is 4.96. The topological polar surface area (TPSA) is 50.9 Å². The molecule has 2 aromatic rings. The van der Waals surface area contributed by atoms with Crippen LogP contribution in [0.25, 0.3) is 0 Å². The number of anilines is 2. The number of hydrogen-bond acceptors (Lipinski definition) is 3. The molecule has 0 spiro atoms. The Hall–Kier alpha value is -1.60. The highest BCUT2D eigenvalue weighted by atomic mass is 79.9. The van der Waals surface area contributed by atoms with Crippen molar-refractivity contribution in [1.82, 2.24) is 4.98 Å². The Bertz CT molecular complexity index is 608. The quantitative estimate of drug-likeness (QED) is 0.837. The van der Waals surface area contributed by atoms with Gasteiger partial charge in [0.05, 0.1) is 23.3 Å². The molecule has 0 saturated carbocycles. The fraction of sp³-hybridized carbons (Fsp3) is 0. The summed E-state index contributed by atoms with van der Waals surface area (Å²) in [5.41, 5.74) is 6.56. The molecule has 0 saturated heterocycles. The summed E-state index contributed by atoms with van der Waals surface area (Å²) in [4.78, 5) is 4.19. The van der Waals surface area contributed by atoms with Crippen molar-refractivity contribution in [3.05, 3.63) is 52.3 Å². The Labute approximate surface area is 122 Å². The third-order valence-electron chi connectivity index (χ3n) is 2.29. The van der Waals surface area contributed by atoms with Gasteiger partial charge in [-0.05, 0) is 34.1 Å². The fourth-order valence-corrected chi connectivity index (χ4v) is 2.05. The van der Waals surface area contributed by atoms with Crippen LogP contribution in [0.15, 0.2) is 34.9 Å². The molecule has 0 unspecified atom stereocenters. The number of thiocarbonyl (C=S) groups is 1. The average molecular weight is 344 g/mol. The average Bonchev–Trinajstić information content (AvgIpc) is 2.34. The van der Waals surface area contributed by atoms with E-state index in [4.69, 9.17) is 18.0 Å². The van der Waals surface area contributed by atoms with Gasteiger partial charge in [-0.2, -0.15) is 0 Å². The van der Waals surface area contributed by atoms with Crippen LogP contribution in [0.3, 0.4) is 0 Å². The lowest BCUT2D eigenvalue weighted by Gasteiger charge is -2.10. The van der Waals surface area contributed by atoms with Crippen molar-refractivity contribution < 1.29 is 8.78 Å². The van der Waals surface area contributed by atoms with Crippen LogP contribution in [-0.4, -0.2) is 9.97 Å². The van der Waals surface area contributed by atoms with Crippen molar-refractivity contribution in [2.24, 2.45) is 5.73 Å². The second-order valence-electron chi connectivity index (χ2n) is 3.67. The van der Waals surface area contributed by atoms with E-state index in [1.165, 1.54) is 12.3 Å². The zero-order valence-electron chi connectivity index (χ0n) is 9.45. The number of halogens is 3. The molecular weight excluding hydrogens is 336 g/mol. The number of pyridine rings is 1. The first kappa shape index (κ1) is 13.8. The Kier molecular flexibility index (Phi) is 4.06. The minimum Gasteiger partial charge on any atom is -0.388 e. The maximum atomic E-state index is 13.6. The molecule has 0 radical (unpaired) electrons. The maximum Gasteiger partial charge on any atom is 0.150 e. The van der Waals surface area contributed by atoms with Crippen LogP contribution >= 0.6 is 28.1 Å². The first-order chi connectivity index (χ1) is 8.97. The molecule has 0 atom stereocenters. The van der Waals surface area contributed by atoms with Gasteiger partial charge in [0, 0.05) is 10.5 Å². The molecule has 3 N–H and O–H groups in total. The van der Waals surface area contributed by atoms with Gasteiger partial charge >= 0.3 is 0 Å². The highest BCUT2D eigenvalue weighted by molar-refractivity contribution is 9.10. The van der Waals surface area contributed by atoms with E-state index in [-0.39, 0.29) is 15.1 Å². The highest BCUT2D eigenvalue weighted by Crippen LogP contribution is 2.29. The van der Waals surface area contributed by atoms with E-state index >= 15 is 0 Å². The molecule has 0 aliphatic rings. The van der Waals surface area contributed by atoms with Crippen molar-refractivity contribution in [2.75, 3.05) is 5.32 Å². The summed E-state index contributed by atoms with van der Waals surface area (Å²) >= 11 is 7.87. The summed E-state index contributed by atoms with van der Waals surface area (Å²) < 4.78 is 26.8. The van der Waals surface area contributed by atoms with E-state index < -0.39 is 11.6 Å². The minimum atomic E-state index is -0.703. The standard InChI is InChI=1S/C12H8BrF2N3S/c13-8-3-6(14)4-9(15)11(8)18-7-1-2-10(12(16)19)17-5-7/h1-5,18H,(H2,16,19). The summed E-state index contributed by atoms with van der Waals surface area (Å²) in [5.74, 6) is -1.36. The zero-order chi connectivity index (χ0) is 14.0. The number of rotatable bonds is 3. The molecule has 2 rings (SSSR count). The lowest BCUT2D eigenvalue weighted by Crippen LogP contribution is -2.11. The number of nitrogens with two attached hydrogens (primary N) is 1. The molecule has 0 amide bonds. The number of aromatic nitrogens is 1. The largest absolute Gasteiger partial charge is 0.388 e. The van der Waals surface area contributed by atoms with Crippen LogP contribution in [0.5, 0.6) is 0 Å². The van der Waals surface area contributed by atoms with E-state index in [1.807, 2.05) is 0 Å². The molecule has 1 aromatic heterocycles. The molecule has 0 aliphatic carbocycles. The summed E-state index contributed by atoms with van der Waals surface area (Å²) in [6, 6.07) is 5.23. The van der Waals surface area contributed by atoms with E-state index in [2.05, 4.69) is 26.2 Å². The Balaban J connectivity index is 2.29. The molecule has 98 valence electrons. The smallest absolute Gasteiger partial charge is 0.150 e. The van der Waals surface area contributed by atoms with Gasteiger partial charge in [-0.15, -0.1) is 0 Å². The number of benzene rings is 1. The van der Waals surface area contributed by atoms with Crippen LogP contribution in [0, 0.1) is 11.6 Å². The van der Waals surface area contributed by atoms with Crippen molar-refractivity contribution in [3.63, 3.8) is 0 Å². The molecular formula is C12H8BrF2N3S. The molecule has 0 aliphatic heterocycles. The highest BCUT2D eigenvalue weighted by Gasteiger charge is 2.10. The molecule has 0 fully saturated rings. The van der Waals surface area contributed by atoms with E-state index in [0.29, 0.717) is 11.4 Å². The van der Waals surface area contributed by atoms with E-state index in [9.17, 15) is 8.78 Å². The molecule has 1 heterocycles. The normalized spacial score (nSPS) is 10.3. The Morgan fingerprint density at radius 1 is 1.32 bits per heavy atom. The van der Waals surface area contributed by atoms with Crippen LogP contribution in [0.2, 0.25) is 0 Å². The minimum absolute atomic E-state index is 0.131. The first-order valence-corrected chi connectivity index (χ1v) is 6.35. The third kappa shape index (κ3) is 3.24. The van der Waals surface area contributed by atoms with Crippen molar-refractivity contribution in [1.29, 1.82) is 0 Å².